The van der Waals surface area contributed by atoms with Gasteiger partial charge in [0.25, 0.3) is 5.69 Å². The lowest BCUT2D eigenvalue weighted by Crippen LogP contribution is -2.21. The van der Waals surface area contributed by atoms with Crippen molar-refractivity contribution in [1.29, 1.82) is 5.26 Å². The highest BCUT2D eigenvalue weighted by atomic mass is 35.5. The number of ether oxygens (including phenoxy) is 3. The molecule has 0 saturated heterocycles. The Morgan fingerprint density at radius 3 is 2.58 bits per heavy atom. The van der Waals surface area contributed by atoms with Gasteiger partial charge >= 0.3 is 5.97 Å². The molecule has 1 heterocycles. The first kappa shape index (κ1) is 26.3. The highest BCUT2D eigenvalue weighted by molar-refractivity contribution is 6.33. The van der Waals surface area contributed by atoms with Crippen molar-refractivity contribution in [2.45, 2.75) is 12.5 Å². The lowest BCUT2D eigenvalue weighted by molar-refractivity contribution is -0.384. The summed E-state index contributed by atoms with van der Waals surface area (Å²) < 4.78 is 17.1. The number of nitrogens with two attached hydrogens (primary N) is 1. The maximum absolute atomic E-state index is 12.8. The average Bonchev–Trinajstić information content (AvgIpc) is 2.96. The highest BCUT2D eigenvalue weighted by Gasteiger charge is 2.31. The van der Waals surface area contributed by atoms with Crippen molar-refractivity contribution < 1.29 is 23.9 Å². The second-order valence-electron chi connectivity index (χ2n) is 8.78. The molecule has 1 atom stereocenters. The zero-order valence-corrected chi connectivity index (χ0v) is 21.5. The summed E-state index contributed by atoms with van der Waals surface area (Å²) in [7, 11) is 0. The summed E-state index contributed by atoms with van der Waals surface area (Å²) in [6.45, 7) is 0.376. The predicted molar refractivity (Wildman–Crippen MR) is 146 cm³/mol. The van der Waals surface area contributed by atoms with Gasteiger partial charge in [0.05, 0.1) is 21.4 Å². The topological polar surface area (TPSA) is 138 Å². The second-order valence-corrected chi connectivity index (χ2v) is 9.19. The quantitative estimate of drug-likeness (QED) is 0.122. The Balaban J connectivity index is 1.43. The zero-order chi connectivity index (χ0) is 28.2. The molecule has 40 heavy (non-hydrogen) atoms. The number of nitriles is 1. The van der Waals surface area contributed by atoms with Crippen LogP contribution < -0.4 is 19.9 Å². The van der Waals surface area contributed by atoms with E-state index in [0.717, 1.165) is 17.2 Å². The van der Waals surface area contributed by atoms with Gasteiger partial charge in [0.15, 0.2) is 0 Å². The van der Waals surface area contributed by atoms with E-state index in [-0.39, 0.29) is 39.2 Å². The van der Waals surface area contributed by atoms with Gasteiger partial charge in [0.2, 0.25) is 5.88 Å². The summed E-state index contributed by atoms with van der Waals surface area (Å²) in [5.41, 5.74) is 8.28. The maximum atomic E-state index is 12.8. The Morgan fingerprint density at radius 2 is 1.82 bits per heavy atom. The normalized spacial score (nSPS) is 13.9. The summed E-state index contributed by atoms with van der Waals surface area (Å²) >= 11 is 6.07. The average molecular weight is 554 g/mol. The molecule has 0 amide bonds. The molecule has 2 N–H and O–H groups in total. The lowest BCUT2D eigenvalue weighted by Gasteiger charge is -2.27. The molecule has 5 rings (SSSR count). The van der Waals surface area contributed by atoms with Crippen LogP contribution in [0.15, 0.2) is 102 Å². The van der Waals surface area contributed by atoms with Crippen molar-refractivity contribution in [3.63, 3.8) is 0 Å². The molecule has 1 aliphatic heterocycles. The number of carbonyl (C=O) groups is 1. The number of nitro groups is 1. The number of carbonyl (C=O) groups excluding carboxylic acids is 1. The molecule has 0 spiro atoms. The van der Waals surface area contributed by atoms with Crippen LogP contribution >= 0.6 is 11.6 Å². The smallest absolute Gasteiger partial charge is 0.345 e. The van der Waals surface area contributed by atoms with Gasteiger partial charge in [0, 0.05) is 23.8 Å². The van der Waals surface area contributed by atoms with Gasteiger partial charge in [0.1, 0.15) is 35.5 Å². The Bertz CT molecular complexity index is 1700. The van der Waals surface area contributed by atoms with Gasteiger partial charge < -0.3 is 19.9 Å². The van der Waals surface area contributed by atoms with Gasteiger partial charge in [-0.15, -0.1) is 0 Å². The van der Waals surface area contributed by atoms with E-state index in [4.69, 9.17) is 31.5 Å². The van der Waals surface area contributed by atoms with Crippen molar-refractivity contribution in [2.24, 2.45) is 5.73 Å². The second kappa shape index (κ2) is 11.2. The Hall–Kier alpha value is -5.33. The molecule has 0 bridgehead atoms. The van der Waals surface area contributed by atoms with Crippen molar-refractivity contribution >= 4 is 23.3 Å². The number of esters is 1. The third-order valence-corrected chi connectivity index (χ3v) is 6.55. The van der Waals surface area contributed by atoms with E-state index < -0.39 is 16.8 Å². The van der Waals surface area contributed by atoms with Crippen LogP contribution in [0.3, 0.4) is 0 Å². The van der Waals surface area contributed by atoms with Crippen LogP contribution in [0.5, 0.6) is 17.2 Å². The Labute approximate surface area is 233 Å². The Morgan fingerprint density at radius 1 is 1.02 bits per heavy atom. The molecule has 0 radical (unpaired) electrons. The van der Waals surface area contributed by atoms with Gasteiger partial charge in [-0.3, -0.25) is 10.1 Å². The summed E-state index contributed by atoms with van der Waals surface area (Å²) in [5.74, 6) is -0.535. The van der Waals surface area contributed by atoms with Gasteiger partial charge in [-0.2, -0.15) is 5.26 Å². The van der Waals surface area contributed by atoms with Gasteiger partial charge in [-0.05, 0) is 35.4 Å². The third kappa shape index (κ3) is 5.43. The summed E-state index contributed by atoms with van der Waals surface area (Å²) in [4.78, 5) is 23.2. The predicted octanol–water partition coefficient (Wildman–Crippen LogP) is 6.26. The van der Waals surface area contributed by atoms with Crippen LogP contribution in [-0.4, -0.2) is 10.9 Å². The van der Waals surface area contributed by atoms with Crippen molar-refractivity contribution in [3.05, 3.63) is 140 Å². The minimum absolute atomic E-state index is 0.00470. The fraction of sp³-hybridized carbons (Fsp3) is 0.0667. The van der Waals surface area contributed by atoms with Gasteiger partial charge in [-0.25, -0.2) is 4.79 Å². The van der Waals surface area contributed by atoms with Gasteiger partial charge in [-0.1, -0.05) is 60.1 Å². The molecule has 9 nitrogen and oxygen atoms in total. The first-order chi connectivity index (χ1) is 19.3. The van der Waals surface area contributed by atoms with Crippen molar-refractivity contribution in [3.8, 4) is 23.3 Å². The first-order valence-electron chi connectivity index (χ1n) is 12.0. The maximum Gasteiger partial charge on any atom is 0.345 e. The molecule has 0 aliphatic carbocycles. The monoisotopic (exact) mass is 553 g/mol. The van der Waals surface area contributed by atoms with E-state index in [1.165, 1.54) is 24.3 Å². The van der Waals surface area contributed by atoms with E-state index >= 15 is 0 Å². The first-order valence-corrected chi connectivity index (χ1v) is 12.4. The van der Waals surface area contributed by atoms with Crippen LogP contribution in [-0.2, 0) is 6.61 Å². The molecule has 1 unspecified atom stereocenters. The number of nitro benzene ring substituents is 1. The van der Waals surface area contributed by atoms with E-state index in [2.05, 4.69) is 6.07 Å². The molecular weight excluding hydrogens is 534 g/mol. The van der Waals surface area contributed by atoms with Crippen molar-refractivity contribution in [2.75, 3.05) is 0 Å². The third-order valence-electron chi connectivity index (χ3n) is 6.22. The lowest BCUT2D eigenvalue weighted by atomic mass is 9.83. The SMILES string of the molecule is N#CC1=C(N)Oc2cc(OC(=O)c3cc([N+](=O)[O-])ccc3Cl)ccc2C1c1cccc(OCc2ccccc2)c1. The zero-order valence-electron chi connectivity index (χ0n) is 20.7. The standard InChI is InChI=1S/C30H20ClN3O6/c31-26-12-9-20(34(36)37)14-24(26)30(35)39-22-10-11-23-27(15-22)40-29(33)25(16-32)28(23)19-7-4-8-21(13-19)38-17-18-5-2-1-3-6-18/h1-15,28H,17,33H2. The summed E-state index contributed by atoms with van der Waals surface area (Å²) in [6, 6.07) is 27.4. The summed E-state index contributed by atoms with van der Waals surface area (Å²) in [6.07, 6.45) is 0. The number of hydrogen-bond donors (Lipinski definition) is 1. The number of allylic oxidation sites excluding steroid dienone is 1. The van der Waals surface area contributed by atoms with E-state index in [9.17, 15) is 20.2 Å². The largest absolute Gasteiger partial charge is 0.489 e. The number of halogens is 1. The summed E-state index contributed by atoms with van der Waals surface area (Å²) in [5, 5.41) is 21.0. The number of fused-ring (bicyclic) bond motifs is 1. The van der Waals surface area contributed by atoms with Crippen LogP contribution in [0.4, 0.5) is 5.69 Å². The van der Waals surface area contributed by atoms with Crippen LogP contribution in [0.1, 0.15) is 33.0 Å². The Kier molecular flexibility index (Phi) is 7.35. The molecule has 0 saturated carbocycles. The number of non-ortho nitro benzene ring substituents is 1. The van der Waals surface area contributed by atoms with E-state index in [1.807, 2.05) is 54.6 Å². The van der Waals surface area contributed by atoms with Crippen molar-refractivity contribution in [1.82, 2.24) is 0 Å². The number of nitrogens with zero attached hydrogens (tertiary/aromatic N) is 2. The molecule has 10 heteroatoms. The fourth-order valence-electron chi connectivity index (χ4n) is 4.31. The molecule has 4 aromatic carbocycles. The fourth-order valence-corrected chi connectivity index (χ4v) is 4.51. The van der Waals surface area contributed by atoms with E-state index in [1.54, 1.807) is 6.07 Å². The van der Waals surface area contributed by atoms with Crippen LogP contribution in [0.25, 0.3) is 0 Å². The van der Waals surface area contributed by atoms with Crippen LogP contribution in [0.2, 0.25) is 5.02 Å². The number of rotatable bonds is 7. The molecule has 0 fully saturated rings. The number of hydrogen-bond acceptors (Lipinski definition) is 8. The van der Waals surface area contributed by atoms with Crippen LogP contribution in [0, 0.1) is 21.4 Å². The molecule has 4 aromatic rings. The molecular formula is C30H20ClN3O6. The minimum atomic E-state index is -0.884. The molecule has 198 valence electrons. The number of benzene rings is 4. The minimum Gasteiger partial charge on any atom is -0.489 e. The molecule has 0 aromatic heterocycles. The van der Waals surface area contributed by atoms with E-state index in [0.29, 0.717) is 17.9 Å². The highest BCUT2D eigenvalue weighted by Crippen LogP contribution is 2.44. The molecule has 1 aliphatic rings.